The molecule has 1 aliphatic carbocycles. The number of carbonyl (C=O) groups is 1. The number of esters is 1. The Labute approximate surface area is 136 Å². The van der Waals surface area contributed by atoms with Gasteiger partial charge >= 0.3 is 5.97 Å². The summed E-state index contributed by atoms with van der Waals surface area (Å²) in [5, 5.41) is 3.44. The van der Waals surface area contributed by atoms with Gasteiger partial charge in [0.2, 0.25) is 0 Å². The molecule has 2 aromatic rings. The zero-order valence-electron chi connectivity index (χ0n) is 13.5. The first kappa shape index (κ1) is 14.3. The van der Waals surface area contributed by atoms with Crippen molar-refractivity contribution >= 4 is 11.7 Å². The van der Waals surface area contributed by atoms with Crippen LogP contribution >= 0.6 is 0 Å². The Morgan fingerprint density at radius 3 is 2.87 bits per heavy atom. The first-order valence-electron chi connectivity index (χ1n) is 8.30. The van der Waals surface area contributed by atoms with Crippen LogP contribution in [0.2, 0.25) is 0 Å². The quantitative estimate of drug-likeness (QED) is 0.861. The number of anilines is 1. The van der Waals surface area contributed by atoms with Crippen LogP contribution in [0.5, 0.6) is 0 Å². The molecule has 0 fully saturated rings. The highest BCUT2D eigenvalue weighted by Gasteiger charge is 2.45. The van der Waals surface area contributed by atoms with Gasteiger partial charge in [-0.3, -0.25) is 0 Å². The van der Waals surface area contributed by atoms with Crippen molar-refractivity contribution < 1.29 is 9.53 Å². The van der Waals surface area contributed by atoms with Gasteiger partial charge in [0.25, 0.3) is 0 Å². The maximum Gasteiger partial charge on any atom is 0.328 e. The molecule has 2 unspecified atom stereocenters. The summed E-state index contributed by atoms with van der Waals surface area (Å²) >= 11 is 0. The molecule has 23 heavy (non-hydrogen) atoms. The van der Waals surface area contributed by atoms with E-state index in [1.165, 1.54) is 22.3 Å². The molecule has 2 aliphatic rings. The Balaban J connectivity index is 1.84. The highest BCUT2D eigenvalue weighted by atomic mass is 16.5. The van der Waals surface area contributed by atoms with E-state index >= 15 is 0 Å². The number of rotatable bonds is 2. The summed E-state index contributed by atoms with van der Waals surface area (Å²) in [6, 6.07) is 14.7. The van der Waals surface area contributed by atoms with Crippen LogP contribution in [0.4, 0.5) is 5.69 Å². The minimum absolute atomic E-state index is 0.137. The SMILES string of the molecule is CCOC(=O)[C@H]1Nc2ccc(C)cc2C2c3ccccc3CC21. The molecule has 1 heterocycles. The fraction of sp³-hybridized carbons (Fsp3) is 0.350. The minimum atomic E-state index is -0.275. The van der Waals surface area contributed by atoms with E-state index in [0.29, 0.717) is 6.61 Å². The molecule has 1 N–H and O–H groups in total. The Hall–Kier alpha value is -2.29. The van der Waals surface area contributed by atoms with Gasteiger partial charge in [0, 0.05) is 17.5 Å². The fourth-order valence-electron chi connectivity index (χ4n) is 4.15. The third-order valence-electron chi connectivity index (χ3n) is 5.10. The maximum absolute atomic E-state index is 12.5. The van der Waals surface area contributed by atoms with Crippen LogP contribution in [-0.4, -0.2) is 18.6 Å². The number of nitrogens with one attached hydrogen (secondary N) is 1. The molecular formula is C20H21NO2. The summed E-state index contributed by atoms with van der Waals surface area (Å²) in [7, 11) is 0. The van der Waals surface area contributed by atoms with Crippen LogP contribution in [0, 0.1) is 12.8 Å². The molecular weight excluding hydrogens is 286 g/mol. The predicted molar refractivity (Wildman–Crippen MR) is 90.7 cm³/mol. The van der Waals surface area contributed by atoms with Crippen LogP contribution in [-0.2, 0) is 16.0 Å². The molecule has 0 spiro atoms. The lowest BCUT2D eigenvalue weighted by atomic mass is 9.77. The fourth-order valence-corrected chi connectivity index (χ4v) is 4.15. The first-order chi connectivity index (χ1) is 11.2. The normalized spacial score (nSPS) is 24.2. The third-order valence-corrected chi connectivity index (χ3v) is 5.10. The van der Waals surface area contributed by atoms with Gasteiger partial charge < -0.3 is 10.1 Å². The zero-order valence-corrected chi connectivity index (χ0v) is 13.5. The summed E-state index contributed by atoms with van der Waals surface area (Å²) in [6.07, 6.45) is 0.921. The molecule has 1 aliphatic heterocycles. The van der Waals surface area contributed by atoms with Crippen molar-refractivity contribution in [2.24, 2.45) is 5.92 Å². The van der Waals surface area contributed by atoms with E-state index in [0.717, 1.165) is 12.1 Å². The van der Waals surface area contributed by atoms with Crippen molar-refractivity contribution in [1.82, 2.24) is 0 Å². The second kappa shape index (κ2) is 5.41. The van der Waals surface area contributed by atoms with Gasteiger partial charge in [-0.15, -0.1) is 0 Å². The van der Waals surface area contributed by atoms with Crippen molar-refractivity contribution in [2.45, 2.75) is 32.2 Å². The van der Waals surface area contributed by atoms with Crippen LogP contribution < -0.4 is 5.32 Å². The minimum Gasteiger partial charge on any atom is -0.464 e. The van der Waals surface area contributed by atoms with Crippen LogP contribution in [0.25, 0.3) is 0 Å². The van der Waals surface area contributed by atoms with Crippen LogP contribution in [0.1, 0.15) is 35.1 Å². The summed E-state index contributed by atoms with van der Waals surface area (Å²) in [5.74, 6) is 0.360. The van der Waals surface area contributed by atoms with E-state index in [1.54, 1.807) is 0 Å². The molecule has 0 radical (unpaired) electrons. The monoisotopic (exact) mass is 307 g/mol. The van der Waals surface area contributed by atoms with Crippen molar-refractivity contribution in [2.75, 3.05) is 11.9 Å². The molecule has 3 heteroatoms. The van der Waals surface area contributed by atoms with Gasteiger partial charge in [-0.05, 0) is 43.0 Å². The van der Waals surface area contributed by atoms with E-state index in [1.807, 2.05) is 6.92 Å². The Kier molecular flexibility index (Phi) is 3.37. The van der Waals surface area contributed by atoms with Gasteiger partial charge in [0.1, 0.15) is 6.04 Å². The second-order valence-corrected chi connectivity index (χ2v) is 6.51. The molecule has 3 nitrogen and oxygen atoms in total. The highest BCUT2D eigenvalue weighted by Crippen LogP contribution is 2.50. The topological polar surface area (TPSA) is 38.3 Å². The number of hydrogen-bond acceptors (Lipinski definition) is 3. The van der Waals surface area contributed by atoms with E-state index in [2.05, 4.69) is 54.7 Å². The number of benzene rings is 2. The summed E-state index contributed by atoms with van der Waals surface area (Å²) in [6.45, 7) is 4.40. The van der Waals surface area contributed by atoms with Crippen molar-refractivity contribution in [3.05, 3.63) is 64.7 Å². The number of ether oxygens (including phenoxy) is 1. The number of hydrogen-bond donors (Lipinski definition) is 1. The first-order valence-corrected chi connectivity index (χ1v) is 8.30. The van der Waals surface area contributed by atoms with E-state index < -0.39 is 0 Å². The summed E-state index contributed by atoms with van der Waals surface area (Å²) < 4.78 is 5.33. The van der Waals surface area contributed by atoms with Crippen molar-refractivity contribution in [3.63, 3.8) is 0 Å². The molecule has 3 atom stereocenters. The molecule has 0 amide bonds. The average Bonchev–Trinajstić information content (AvgIpc) is 2.94. The van der Waals surface area contributed by atoms with Crippen LogP contribution in [0.3, 0.4) is 0 Å². The predicted octanol–water partition coefficient (Wildman–Crippen LogP) is 3.66. The van der Waals surface area contributed by atoms with Crippen molar-refractivity contribution in [1.29, 1.82) is 0 Å². The van der Waals surface area contributed by atoms with Crippen molar-refractivity contribution in [3.8, 4) is 0 Å². The molecule has 0 saturated heterocycles. The molecule has 0 bridgehead atoms. The highest BCUT2D eigenvalue weighted by molar-refractivity contribution is 5.83. The lowest BCUT2D eigenvalue weighted by Gasteiger charge is -2.36. The van der Waals surface area contributed by atoms with E-state index in [9.17, 15) is 4.79 Å². The summed E-state index contributed by atoms with van der Waals surface area (Å²) in [5.41, 5.74) is 6.34. The molecule has 4 rings (SSSR count). The maximum atomic E-state index is 12.5. The van der Waals surface area contributed by atoms with Gasteiger partial charge in [0.15, 0.2) is 0 Å². The number of fused-ring (bicyclic) bond motifs is 5. The van der Waals surface area contributed by atoms with Gasteiger partial charge in [0.05, 0.1) is 6.61 Å². The van der Waals surface area contributed by atoms with E-state index in [-0.39, 0.29) is 23.8 Å². The molecule has 118 valence electrons. The van der Waals surface area contributed by atoms with Gasteiger partial charge in [-0.2, -0.15) is 0 Å². The number of aryl methyl sites for hydroxylation is 1. The lowest BCUT2D eigenvalue weighted by molar-refractivity contribution is -0.145. The van der Waals surface area contributed by atoms with Crippen LogP contribution in [0.15, 0.2) is 42.5 Å². The van der Waals surface area contributed by atoms with Gasteiger partial charge in [-0.1, -0.05) is 42.0 Å². The number of carbonyl (C=O) groups excluding carboxylic acids is 1. The largest absolute Gasteiger partial charge is 0.464 e. The third kappa shape index (κ3) is 2.23. The van der Waals surface area contributed by atoms with E-state index in [4.69, 9.17) is 4.74 Å². The molecule has 0 aromatic heterocycles. The standard InChI is InChI=1S/C20H21NO2/c1-3-23-20(22)19-16-11-13-6-4-5-7-14(13)18(16)15-10-12(2)8-9-17(15)21-19/h4-10,16,18-19,21H,3,11H2,1-2H3/t16?,18?,19-/m0/s1. The molecule has 2 aromatic carbocycles. The Morgan fingerprint density at radius 2 is 2.04 bits per heavy atom. The lowest BCUT2D eigenvalue weighted by Crippen LogP contribution is -2.43. The Bertz CT molecular complexity index is 768. The average molecular weight is 307 g/mol. The Morgan fingerprint density at radius 1 is 1.22 bits per heavy atom. The summed E-state index contributed by atoms with van der Waals surface area (Å²) in [4.78, 5) is 12.5. The smallest absolute Gasteiger partial charge is 0.328 e. The second-order valence-electron chi connectivity index (χ2n) is 6.51. The molecule has 0 saturated carbocycles. The zero-order chi connectivity index (χ0) is 16.0. The van der Waals surface area contributed by atoms with Gasteiger partial charge in [-0.25, -0.2) is 4.79 Å².